The van der Waals surface area contributed by atoms with Crippen LogP contribution in [-0.2, 0) is 20.7 Å². The summed E-state index contributed by atoms with van der Waals surface area (Å²) in [6.07, 6.45) is 8.15. The molecule has 2 aromatic rings. The van der Waals surface area contributed by atoms with Crippen LogP contribution in [-0.4, -0.2) is 85.2 Å². The van der Waals surface area contributed by atoms with E-state index in [9.17, 15) is 4.79 Å². The molecule has 0 bridgehead atoms. The van der Waals surface area contributed by atoms with Gasteiger partial charge in [-0.1, -0.05) is 51.2 Å². The number of amides is 1. The zero-order valence-corrected chi connectivity index (χ0v) is 23.9. The molecule has 12 nitrogen and oxygen atoms in total. The summed E-state index contributed by atoms with van der Waals surface area (Å²) in [5.74, 6) is 1.28. The fourth-order valence-electron chi connectivity index (χ4n) is 3.73. The Kier molecular flexibility index (Phi) is 18.0. The molecule has 40 heavy (non-hydrogen) atoms. The van der Waals surface area contributed by atoms with E-state index in [2.05, 4.69) is 43.1 Å². The Balaban J connectivity index is 1.82. The highest BCUT2D eigenvalue weighted by atomic mass is 16.5. The van der Waals surface area contributed by atoms with E-state index in [0.717, 1.165) is 24.2 Å². The Labute approximate surface area is 238 Å². The second-order valence-electron chi connectivity index (χ2n) is 9.37. The van der Waals surface area contributed by atoms with Gasteiger partial charge in [0.25, 0.3) is 0 Å². The van der Waals surface area contributed by atoms with Crippen molar-refractivity contribution in [3.63, 3.8) is 0 Å². The van der Waals surface area contributed by atoms with Crippen LogP contribution < -0.4 is 27.0 Å². The summed E-state index contributed by atoms with van der Waals surface area (Å²) in [6, 6.07) is 7.57. The molecule has 0 saturated carbocycles. The van der Waals surface area contributed by atoms with Crippen LogP contribution in [0.4, 0.5) is 23.5 Å². The maximum Gasteiger partial charge on any atom is 0.233 e. The predicted molar refractivity (Wildman–Crippen MR) is 159 cm³/mol. The topological polar surface area (TPSA) is 169 Å². The summed E-state index contributed by atoms with van der Waals surface area (Å²) in [6.45, 7) is 6.51. The van der Waals surface area contributed by atoms with Crippen LogP contribution >= 0.6 is 0 Å². The fraction of sp³-hybridized carbons (Fsp3) is 0.643. The molecule has 224 valence electrons. The molecular weight excluding hydrogens is 512 g/mol. The van der Waals surface area contributed by atoms with Gasteiger partial charge in [0.15, 0.2) is 0 Å². The van der Waals surface area contributed by atoms with Gasteiger partial charge in [-0.05, 0) is 30.5 Å². The number of unbranched alkanes of at least 4 members (excludes halogenated alkanes) is 5. The minimum absolute atomic E-state index is 0.0687. The molecule has 0 aliphatic carbocycles. The van der Waals surface area contributed by atoms with Gasteiger partial charge in [0.05, 0.1) is 32.8 Å². The van der Waals surface area contributed by atoms with E-state index in [1.807, 2.05) is 24.3 Å². The number of aliphatic hydroxyl groups excluding tert-OH is 1. The maximum atomic E-state index is 12.2. The molecule has 0 radical (unpaired) electrons. The Hall–Kier alpha value is -3.06. The molecule has 0 aliphatic heterocycles. The molecule has 12 heteroatoms. The highest BCUT2D eigenvalue weighted by Crippen LogP contribution is 2.17. The summed E-state index contributed by atoms with van der Waals surface area (Å²) in [4.78, 5) is 25.7. The van der Waals surface area contributed by atoms with Crippen molar-refractivity contribution in [3.05, 3.63) is 29.8 Å². The second kappa shape index (κ2) is 21.7. The lowest BCUT2D eigenvalue weighted by molar-refractivity contribution is -0.120. The molecule has 7 N–H and O–H groups in total. The maximum absolute atomic E-state index is 12.2. The Bertz CT molecular complexity index is 933. The SMILES string of the molecule is CCCCCCCCNc1nc(NCCCO)nc(Nc2ccc(CC(=O)NCCOCCOCCN)cc2)n1. The lowest BCUT2D eigenvalue weighted by Gasteiger charge is -2.12. The third-order valence-corrected chi connectivity index (χ3v) is 5.84. The van der Waals surface area contributed by atoms with Gasteiger partial charge < -0.3 is 41.6 Å². The summed E-state index contributed by atoms with van der Waals surface area (Å²) in [5, 5.41) is 21.6. The number of ether oxygens (including phenoxy) is 2. The average Bonchev–Trinajstić information content (AvgIpc) is 2.95. The van der Waals surface area contributed by atoms with E-state index in [1.165, 1.54) is 32.1 Å². The lowest BCUT2D eigenvalue weighted by atomic mass is 10.1. The predicted octanol–water partition coefficient (Wildman–Crippen LogP) is 2.83. The molecule has 1 aromatic carbocycles. The van der Waals surface area contributed by atoms with E-state index in [1.54, 1.807) is 0 Å². The lowest BCUT2D eigenvalue weighted by Crippen LogP contribution is -2.29. The van der Waals surface area contributed by atoms with Crippen molar-refractivity contribution in [1.82, 2.24) is 20.3 Å². The van der Waals surface area contributed by atoms with Crippen molar-refractivity contribution >= 4 is 29.4 Å². The van der Waals surface area contributed by atoms with Gasteiger partial charge in [-0.15, -0.1) is 0 Å². The summed E-state index contributed by atoms with van der Waals surface area (Å²) >= 11 is 0. The van der Waals surface area contributed by atoms with Gasteiger partial charge in [0.2, 0.25) is 23.8 Å². The van der Waals surface area contributed by atoms with Crippen LogP contribution in [0.2, 0.25) is 0 Å². The number of nitrogens with zero attached hydrogens (tertiary/aromatic N) is 3. The van der Waals surface area contributed by atoms with Crippen molar-refractivity contribution in [1.29, 1.82) is 0 Å². The highest BCUT2D eigenvalue weighted by Gasteiger charge is 2.08. The zero-order chi connectivity index (χ0) is 28.7. The zero-order valence-electron chi connectivity index (χ0n) is 23.9. The number of nitrogens with two attached hydrogens (primary N) is 1. The number of aliphatic hydroxyl groups is 1. The summed E-state index contributed by atoms with van der Waals surface area (Å²) < 4.78 is 10.7. The molecule has 0 saturated heterocycles. The van der Waals surface area contributed by atoms with Crippen molar-refractivity contribution < 1.29 is 19.4 Å². The highest BCUT2D eigenvalue weighted by molar-refractivity contribution is 5.78. The van der Waals surface area contributed by atoms with Gasteiger partial charge in [0, 0.05) is 38.5 Å². The number of carbonyl (C=O) groups excluding carboxylic acids is 1. The number of nitrogens with one attached hydrogen (secondary N) is 4. The molecule has 0 fully saturated rings. The molecule has 0 unspecified atom stereocenters. The Morgan fingerprint density at radius 1 is 0.800 bits per heavy atom. The van der Waals surface area contributed by atoms with Crippen LogP contribution in [0.3, 0.4) is 0 Å². The van der Waals surface area contributed by atoms with Crippen LogP contribution in [0.1, 0.15) is 57.4 Å². The minimum atomic E-state index is -0.0687. The number of carbonyl (C=O) groups is 1. The molecule has 0 spiro atoms. The van der Waals surface area contributed by atoms with E-state index in [-0.39, 0.29) is 18.9 Å². The number of benzene rings is 1. The molecule has 1 aromatic heterocycles. The van der Waals surface area contributed by atoms with Gasteiger partial charge in [-0.25, -0.2) is 0 Å². The van der Waals surface area contributed by atoms with Gasteiger partial charge >= 0.3 is 0 Å². The number of aromatic nitrogens is 3. The largest absolute Gasteiger partial charge is 0.396 e. The number of anilines is 4. The van der Waals surface area contributed by atoms with Gasteiger partial charge in [0.1, 0.15) is 0 Å². The van der Waals surface area contributed by atoms with Crippen LogP contribution in [0.15, 0.2) is 24.3 Å². The first-order valence-electron chi connectivity index (χ1n) is 14.5. The van der Waals surface area contributed by atoms with Crippen molar-refractivity contribution in [2.24, 2.45) is 5.73 Å². The van der Waals surface area contributed by atoms with E-state index < -0.39 is 0 Å². The standard InChI is InChI=1S/C28H48N8O4/c1-2-3-4-5-6-7-14-31-26-34-27(32-15-8-17-37)36-28(35-26)33-24-11-9-23(10-12-24)22-25(38)30-16-19-40-21-20-39-18-13-29/h9-12,37H,2-8,13-22,29H2,1H3,(H,30,38)(H3,31,32,33,34,35,36). The molecule has 1 heterocycles. The third-order valence-electron chi connectivity index (χ3n) is 5.84. The van der Waals surface area contributed by atoms with Crippen LogP contribution in [0, 0.1) is 0 Å². The first-order valence-corrected chi connectivity index (χ1v) is 14.5. The second-order valence-corrected chi connectivity index (χ2v) is 9.37. The normalized spacial score (nSPS) is 10.9. The molecule has 1 amide bonds. The number of hydrogen-bond acceptors (Lipinski definition) is 11. The van der Waals surface area contributed by atoms with Crippen LogP contribution in [0.5, 0.6) is 0 Å². The molecule has 2 rings (SSSR count). The van der Waals surface area contributed by atoms with E-state index in [4.69, 9.17) is 20.3 Å². The quantitative estimate of drug-likeness (QED) is 0.104. The fourth-order valence-corrected chi connectivity index (χ4v) is 3.73. The molecule has 0 aliphatic rings. The third kappa shape index (κ3) is 15.5. The summed E-state index contributed by atoms with van der Waals surface area (Å²) in [7, 11) is 0. The van der Waals surface area contributed by atoms with E-state index >= 15 is 0 Å². The smallest absolute Gasteiger partial charge is 0.233 e. The van der Waals surface area contributed by atoms with Gasteiger partial charge in [-0.3, -0.25) is 4.79 Å². The molecular formula is C28H48N8O4. The minimum Gasteiger partial charge on any atom is -0.396 e. The monoisotopic (exact) mass is 560 g/mol. The Morgan fingerprint density at radius 3 is 2.10 bits per heavy atom. The van der Waals surface area contributed by atoms with Crippen LogP contribution in [0.25, 0.3) is 0 Å². The van der Waals surface area contributed by atoms with E-state index in [0.29, 0.717) is 70.3 Å². The van der Waals surface area contributed by atoms with Crippen molar-refractivity contribution in [2.45, 2.75) is 58.3 Å². The number of hydrogen-bond donors (Lipinski definition) is 6. The summed E-state index contributed by atoms with van der Waals surface area (Å²) in [5.41, 5.74) is 7.04. The van der Waals surface area contributed by atoms with Crippen molar-refractivity contribution in [2.75, 3.05) is 75.2 Å². The first-order chi connectivity index (χ1) is 19.6. The average molecular weight is 561 g/mol. The Morgan fingerprint density at radius 2 is 1.43 bits per heavy atom. The number of rotatable bonds is 24. The van der Waals surface area contributed by atoms with Gasteiger partial charge in [-0.2, -0.15) is 15.0 Å². The first kappa shape index (κ1) is 33.1. The molecule has 0 atom stereocenters. The van der Waals surface area contributed by atoms with Crippen molar-refractivity contribution in [3.8, 4) is 0 Å².